The molecular formula is C15H17F3N4O4S. The summed E-state index contributed by atoms with van der Waals surface area (Å²) < 4.78 is 39.9. The van der Waals surface area contributed by atoms with Crippen LogP contribution in [0.5, 0.6) is 0 Å². The van der Waals surface area contributed by atoms with Crippen molar-refractivity contribution in [2.24, 2.45) is 5.10 Å². The van der Waals surface area contributed by atoms with E-state index in [4.69, 9.17) is 5.11 Å². The molecule has 2 aromatic heterocycles. The fraction of sp³-hybridized carbons (Fsp3) is 0.467. The Balaban J connectivity index is 2.74. The molecular weight excluding hydrogens is 389 g/mol. The molecule has 148 valence electrons. The largest absolute Gasteiger partial charge is 0.464 e. The molecule has 8 nitrogen and oxygen atoms in total. The second-order valence-corrected chi connectivity index (χ2v) is 7.05. The Morgan fingerprint density at radius 3 is 2.52 bits per heavy atom. The molecule has 0 saturated carbocycles. The number of nitrogens with one attached hydrogen (secondary N) is 1. The molecule has 2 aromatic rings. The van der Waals surface area contributed by atoms with Crippen LogP contribution in [0.25, 0.3) is 10.2 Å². The van der Waals surface area contributed by atoms with Gasteiger partial charge >= 0.3 is 18.0 Å². The first-order valence-corrected chi connectivity index (χ1v) is 8.63. The van der Waals surface area contributed by atoms with Gasteiger partial charge in [0, 0.05) is 12.6 Å². The van der Waals surface area contributed by atoms with Crippen LogP contribution in [0.1, 0.15) is 36.8 Å². The molecule has 2 N–H and O–H groups in total. The monoisotopic (exact) mass is 406 g/mol. The number of hydrazone groups is 1. The van der Waals surface area contributed by atoms with Crippen molar-refractivity contribution in [3.63, 3.8) is 0 Å². The maximum atomic E-state index is 12.7. The van der Waals surface area contributed by atoms with E-state index < -0.39 is 42.5 Å². The van der Waals surface area contributed by atoms with E-state index in [0.717, 1.165) is 26.7 Å². The number of carboxylic acid groups (broad SMARTS) is 1. The first-order chi connectivity index (χ1) is 12.4. The highest BCUT2D eigenvalue weighted by Gasteiger charge is 2.28. The summed E-state index contributed by atoms with van der Waals surface area (Å²) in [4.78, 5) is 36.3. The molecule has 12 heteroatoms. The van der Waals surface area contributed by atoms with E-state index in [1.807, 2.05) is 0 Å². The Morgan fingerprint density at radius 2 is 2.00 bits per heavy atom. The van der Waals surface area contributed by atoms with E-state index in [-0.39, 0.29) is 10.2 Å². The summed E-state index contributed by atoms with van der Waals surface area (Å²) in [7, 11) is 0. The topological polar surface area (TPSA) is 106 Å². The van der Waals surface area contributed by atoms with Crippen LogP contribution < -0.4 is 16.7 Å². The third-order valence-corrected chi connectivity index (χ3v) is 5.01. The van der Waals surface area contributed by atoms with Crippen LogP contribution in [0, 0.1) is 6.92 Å². The van der Waals surface area contributed by atoms with Crippen molar-refractivity contribution >= 4 is 33.9 Å². The lowest BCUT2D eigenvalue weighted by atomic mass is 10.2. The highest BCUT2D eigenvalue weighted by Crippen LogP contribution is 2.28. The highest BCUT2D eigenvalue weighted by atomic mass is 32.1. The first-order valence-electron chi connectivity index (χ1n) is 7.81. The van der Waals surface area contributed by atoms with Gasteiger partial charge in [0.05, 0.1) is 22.9 Å². The third-order valence-electron chi connectivity index (χ3n) is 3.76. The zero-order valence-corrected chi connectivity index (χ0v) is 15.4. The van der Waals surface area contributed by atoms with Crippen molar-refractivity contribution in [3.05, 3.63) is 31.3 Å². The Labute approximate surface area is 154 Å². The number of amides is 1. The van der Waals surface area contributed by atoms with Gasteiger partial charge in [0.2, 0.25) is 0 Å². The molecule has 0 saturated heterocycles. The zero-order chi connectivity index (χ0) is 20.5. The van der Waals surface area contributed by atoms with Gasteiger partial charge < -0.3 is 5.11 Å². The molecule has 2 heterocycles. The van der Waals surface area contributed by atoms with Crippen LogP contribution in [-0.2, 0) is 6.54 Å². The lowest BCUT2D eigenvalue weighted by Crippen LogP contribution is -2.41. The summed E-state index contributed by atoms with van der Waals surface area (Å²) in [6.45, 7) is 4.11. The summed E-state index contributed by atoms with van der Waals surface area (Å²) in [6.07, 6.45) is -5.94. The normalized spacial score (nSPS) is 12.4. The van der Waals surface area contributed by atoms with Gasteiger partial charge in [-0.15, -0.1) is 11.3 Å². The van der Waals surface area contributed by atoms with Gasteiger partial charge in [0.15, 0.2) is 0 Å². The van der Waals surface area contributed by atoms with Crippen molar-refractivity contribution in [3.8, 4) is 0 Å². The van der Waals surface area contributed by atoms with Gasteiger partial charge in [-0.2, -0.15) is 18.3 Å². The third kappa shape index (κ3) is 4.38. The molecule has 0 unspecified atom stereocenters. The average Bonchev–Trinajstić information content (AvgIpc) is 2.82. The van der Waals surface area contributed by atoms with Gasteiger partial charge in [-0.1, -0.05) is 0 Å². The number of carbonyl (C=O) groups is 1. The molecule has 0 aliphatic carbocycles. The Morgan fingerprint density at radius 1 is 1.37 bits per heavy atom. The molecule has 0 radical (unpaired) electrons. The highest BCUT2D eigenvalue weighted by molar-refractivity contribution is 7.20. The van der Waals surface area contributed by atoms with E-state index in [0.29, 0.717) is 10.4 Å². The SMILES string of the molecule is Cc1c(/C=N/NC(=O)O)sc2c1c(=O)n(C(C)C)c(=O)n2CCC(F)(F)F. The van der Waals surface area contributed by atoms with Crippen molar-refractivity contribution in [2.45, 2.75) is 46.0 Å². The summed E-state index contributed by atoms with van der Waals surface area (Å²) >= 11 is 0.902. The Bertz CT molecular complexity index is 1020. The van der Waals surface area contributed by atoms with Gasteiger partial charge in [0.25, 0.3) is 5.56 Å². The quantitative estimate of drug-likeness (QED) is 0.588. The number of fused-ring (bicyclic) bond motifs is 1. The van der Waals surface area contributed by atoms with Crippen molar-refractivity contribution < 1.29 is 23.1 Å². The van der Waals surface area contributed by atoms with Crippen LogP contribution in [0.3, 0.4) is 0 Å². The molecule has 0 aromatic carbocycles. The number of thiophene rings is 1. The number of aromatic nitrogens is 2. The minimum absolute atomic E-state index is 0.0976. The fourth-order valence-electron chi connectivity index (χ4n) is 2.54. The first kappa shape index (κ1) is 20.7. The number of aryl methyl sites for hydroxylation is 2. The smallest absolute Gasteiger partial charge is 0.425 e. The number of hydrogen-bond donors (Lipinski definition) is 2. The summed E-state index contributed by atoms with van der Waals surface area (Å²) in [6, 6.07) is -0.545. The van der Waals surface area contributed by atoms with E-state index in [1.165, 1.54) is 0 Å². The molecule has 0 bridgehead atoms. The van der Waals surface area contributed by atoms with Crippen molar-refractivity contribution in [1.82, 2.24) is 14.6 Å². The summed E-state index contributed by atoms with van der Waals surface area (Å²) in [5.74, 6) is 0. The number of nitrogens with zero attached hydrogens (tertiary/aromatic N) is 3. The van der Waals surface area contributed by atoms with Crippen LogP contribution in [0.4, 0.5) is 18.0 Å². The Hall–Kier alpha value is -2.63. The second kappa shape index (κ2) is 7.55. The van der Waals surface area contributed by atoms with E-state index in [9.17, 15) is 27.6 Å². The maximum absolute atomic E-state index is 12.7. The Kier molecular flexibility index (Phi) is 5.78. The lowest BCUT2D eigenvalue weighted by Gasteiger charge is -2.15. The molecule has 0 fully saturated rings. The predicted octanol–water partition coefficient (Wildman–Crippen LogP) is 2.67. The zero-order valence-electron chi connectivity index (χ0n) is 14.6. The van der Waals surface area contributed by atoms with E-state index in [1.54, 1.807) is 26.2 Å². The molecule has 0 aliphatic rings. The van der Waals surface area contributed by atoms with Crippen LogP contribution >= 0.6 is 11.3 Å². The molecule has 0 spiro atoms. The minimum atomic E-state index is -4.47. The van der Waals surface area contributed by atoms with Crippen LogP contribution in [0.2, 0.25) is 0 Å². The second-order valence-electron chi connectivity index (χ2n) is 6.01. The number of hydrogen-bond acceptors (Lipinski definition) is 5. The lowest BCUT2D eigenvalue weighted by molar-refractivity contribution is -0.136. The van der Waals surface area contributed by atoms with Gasteiger partial charge in [0.1, 0.15) is 4.83 Å². The van der Waals surface area contributed by atoms with Crippen LogP contribution in [-0.4, -0.2) is 32.7 Å². The molecule has 1 amide bonds. The number of alkyl halides is 3. The standard InChI is InChI=1S/C15H17F3N4O4S/c1-7(2)22-11(23)10-8(3)9(6-19-20-13(24)25)27-12(10)21(14(22)26)5-4-15(16,17)18/h6-7,20H,4-5H2,1-3H3,(H,24,25)/b19-6+. The molecule has 0 aliphatic heterocycles. The molecule has 0 atom stereocenters. The molecule has 27 heavy (non-hydrogen) atoms. The fourth-order valence-corrected chi connectivity index (χ4v) is 3.73. The minimum Gasteiger partial charge on any atom is -0.464 e. The van der Waals surface area contributed by atoms with E-state index in [2.05, 4.69) is 5.10 Å². The number of halogens is 3. The summed E-state index contributed by atoms with van der Waals surface area (Å²) in [5.41, 5.74) is 0.758. The van der Waals surface area contributed by atoms with Crippen molar-refractivity contribution in [1.29, 1.82) is 0 Å². The predicted molar refractivity (Wildman–Crippen MR) is 94.9 cm³/mol. The van der Waals surface area contributed by atoms with E-state index >= 15 is 0 Å². The maximum Gasteiger partial charge on any atom is 0.425 e. The van der Waals surface area contributed by atoms with Crippen molar-refractivity contribution in [2.75, 3.05) is 0 Å². The molecule has 2 rings (SSSR count). The number of rotatable bonds is 5. The van der Waals surface area contributed by atoms with Gasteiger partial charge in [-0.25, -0.2) is 15.0 Å². The van der Waals surface area contributed by atoms with Gasteiger partial charge in [-0.3, -0.25) is 13.9 Å². The summed E-state index contributed by atoms with van der Waals surface area (Å²) in [5, 5.41) is 12.1. The van der Waals surface area contributed by atoms with Crippen LogP contribution in [0.15, 0.2) is 14.7 Å². The average molecular weight is 406 g/mol. The van der Waals surface area contributed by atoms with Gasteiger partial charge in [-0.05, 0) is 26.3 Å².